The Morgan fingerprint density at radius 1 is 1.21 bits per heavy atom. The zero-order valence-corrected chi connectivity index (χ0v) is 18.3. The van der Waals surface area contributed by atoms with Crippen LogP contribution in [-0.2, 0) is 6.54 Å². The molecule has 3 heterocycles. The molecule has 2 atom stereocenters. The van der Waals surface area contributed by atoms with Crippen LogP contribution in [-0.4, -0.2) is 61.2 Å². The lowest BCUT2D eigenvalue weighted by Crippen LogP contribution is -2.46. The van der Waals surface area contributed by atoms with Crippen molar-refractivity contribution in [3.8, 4) is 0 Å². The number of nitrogens with one attached hydrogen (secondary N) is 2. The van der Waals surface area contributed by atoms with E-state index in [2.05, 4.69) is 65.3 Å². The van der Waals surface area contributed by atoms with Crippen LogP contribution in [0.2, 0.25) is 0 Å². The van der Waals surface area contributed by atoms with E-state index in [-0.39, 0.29) is 0 Å². The first-order valence-electron chi connectivity index (χ1n) is 10.9. The molecule has 2 aliphatic heterocycles. The van der Waals surface area contributed by atoms with Crippen molar-refractivity contribution < 1.29 is 0 Å². The Bertz CT molecular complexity index is 633. The minimum atomic E-state index is 0.440. The summed E-state index contributed by atoms with van der Waals surface area (Å²) in [5.74, 6) is 3.44. The molecule has 3 rings (SSSR count). The molecule has 0 saturated carbocycles. The largest absolute Gasteiger partial charge is 0.357 e. The Morgan fingerprint density at radius 3 is 2.54 bits per heavy atom. The fourth-order valence-electron chi connectivity index (χ4n) is 4.12. The highest BCUT2D eigenvalue weighted by molar-refractivity contribution is 5.80. The van der Waals surface area contributed by atoms with Gasteiger partial charge in [-0.05, 0) is 50.2 Å². The smallest absolute Gasteiger partial charge is 0.191 e. The van der Waals surface area contributed by atoms with Crippen LogP contribution in [0.1, 0.15) is 46.1 Å². The van der Waals surface area contributed by atoms with Crippen LogP contribution in [0.4, 0.5) is 5.82 Å². The van der Waals surface area contributed by atoms with Crippen molar-refractivity contribution in [1.29, 1.82) is 0 Å². The van der Waals surface area contributed by atoms with Crippen LogP contribution >= 0.6 is 0 Å². The number of guanidine groups is 1. The minimum absolute atomic E-state index is 0.440. The number of likely N-dealkylation sites (tertiary alicyclic amines) is 1. The fraction of sp³-hybridized carbons (Fsp3) is 0.727. The van der Waals surface area contributed by atoms with E-state index < -0.39 is 0 Å². The number of nitrogens with zero attached hydrogens (tertiary/aromatic N) is 4. The molecule has 2 unspecified atom stereocenters. The molecule has 0 aromatic carbocycles. The standard InChI is InChI=1S/C22H38N6/c1-16(2)28-14-18(4)20(15-28)26-22(23-5)25-13-19-6-7-21(24-12-19)27-10-8-17(3)9-11-27/h6-7,12,16-18,20H,8-11,13-15H2,1-5H3,(H2,23,25,26). The molecule has 2 N–H and O–H groups in total. The van der Waals surface area contributed by atoms with Gasteiger partial charge >= 0.3 is 0 Å². The molecule has 2 fully saturated rings. The van der Waals surface area contributed by atoms with E-state index >= 15 is 0 Å². The Hall–Kier alpha value is -1.82. The normalized spacial score (nSPS) is 24.8. The summed E-state index contributed by atoms with van der Waals surface area (Å²) in [4.78, 5) is 14.0. The quantitative estimate of drug-likeness (QED) is 0.602. The van der Waals surface area contributed by atoms with E-state index in [0.717, 1.165) is 50.4 Å². The van der Waals surface area contributed by atoms with Crippen LogP contribution < -0.4 is 15.5 Å². The third-order valence-corrected chi connectivity index (χ3v) is 6.29. The van der Waals surface area contributed by atoms with E-state index in [0.29, 0.717) is 18.0 Å². The molecule has 0 amide bonds. The van der Waals surface area contributed by atoms with Crippen molar-refractivity contribution >= 4 is 11.8 Å². The number of aromatic nitrogens is 1. The summed E-state index contributed by atoms with van der Waals surface area (Å²) in [7, 11) is 1.84. The van der Waals surface area contributed by atoms with Crippen molar-refractivity contribution in [2.75, 3.05) is 38.1 Å². The second-order valence-corrected chi connectivity index (χ2v) is 8.90. The van der Waals surface area contributed by atoms with E-state index in [4.69, 9.17) is 4.98 Å². The zero-order chi connectivity index (χ0) is 20.1. The monoisotopic (exact) mass is 386 g/mol. The van der Waals surface area contributed by atoms with Gasteiger partial charge in [-0.3, -0.25) is 9.89 Å². The van der Waals surface area contributed by atoms with Crippen LogP contribution in [0.5, 0.6) is 0 Å². The maximum absolute atomic E-state index is 4.69. The second-order valence-electron chi connectivity index (χ2n) is 8.90. The highest BCUT2D eigenvalue weighted by atomic mass is 15.3. The molecule has 1 aromatic heterocycles. The number of anilines is 1. The number of hydrogen-bond acceptors (Lipinski definition) is 4. The summed E-state index contributed by atoms with van der Waals surface area (Å²) in [6.45, 7) is 14.4. The Morgan fingerprint density at radius 2 is 1.96 bits per heavy atom. The molecule has 6 nitrogen and oxygen atoms in total. The molecule has 156 valence electrons. The van der Waals surface area contributed by atoms with Crippen LogP contribution in [0.25, 0.3) is 0 Å². The SMILES string of the molecule is CN=C(NCc1ccc(N2CCC(C)CC2)nc1)NC1CN(C(C)C)CC1C. The molecule has 0 radical (unpaired) electrons. The average Bonchev–Trinajstić information content (AvgIpc) is 3.07. The fourth-order valence-corrected chi connectivity index (χ4v) is 4.12. The van der Waals surface area contributed by atoms with Crippen molar-refractivity contribution in [2.24, 2.45) is 16.8 Å². The van der Waals surface area contributed by atoms with Gasteiger partial charge in [0.2, 0.25) is 0 Å². The summed E-state index contributed by atoms with van der Waals surface area (Å²) in [5.41, 5.74) is 1.18. The van der Waals surface area contributed by atoms with Crippen LogP contribution in [0.15, 0.2) is 23.3 Å². The molecular weight excluding hydrogens is 348 g/mol. The first kappa shape index (κ1) is 20.9. The average molecular weight is 387 g/mol. The van der Waals surface area contributed by atoms with E-state index in [1.165, 1.54) is 18.4 Å². The molecule has 0 bridgehead atoms. The van der Waals surface area contributed by atoms with Gasteiger partial charge in [0, 0.05) is 58.1 Å². The van der Waals surface area contributed by atoms with Gasteiger partial charge in [0.1, 0.15) is 5.82 Å². The maximum Gasteiger partial charge on any atom is 0.191 e. The van der Waals surface area contributed by atoms with Gasteiger partial charge in [-0.25, -0.2) is 4.98 Å². The molecule has 1 aromatic rings. The highest BCUT2D eigenvalue weighted by Gasteiger charge is 2.31. The third-order valence-electron chi connectivity index (χ3n) is 6.29. The Kier molecular flexibility index (Phi) is 7.16. The van der Waals surface area contributed by atoms with Crippen molar-refractivity contribution in [2.45, 2.75) is 59.2 Å². The Balaban J connectivity index is 1.48. The predicted molar refractivity (Wildman–Crippen MR) is 118 cm³/mol. The lowest BCUT2D eigenvalue weighted by Gasteiger charge is -2.31. The first-order valence-corrected chi connectivity index (χ1v) is 10.9. The first-order chi connectivity index (χ1) is 13.5. The lowest BCUT2D eigenvalue weighted by molar-refractivity contribution is 0.265. The molecule has 2 saturated heterocycles. The van der Waals surface area contributed by atoms with E-state index in [9.17, 15) is 0 Å². The summed E-state index contributed by atoms with van der Waals surface area (Å²) >= 11 is 0. The highest BCUT2D eigenvalue weighted by Crippen LogP contribution is 2.21. The zero-order valence-electron chi connectivity index (χ0n) is 18.3. The van der Waals surface area contributed by atoms with Gasteiger partial charge in [-0.15, -0.1) is 0 Å². The molecule has 0 aliphatic carbocycles. The van der Waals surface area contributed by atoms with Gasteiger partial charge in [0.25, 0.3) is 0 Å². The van der Waals surface area contributed by atoms with E-state index in [1.54, 1.807) is 0 Å². The molecule has 2 aliphatic rings. The minimum Gasteiger partial charge on any atom is -0.357 e. The third kappa shape index (κ3) is 5.37. The predicted octanol–water partition coefficient (Wildman–Crippen LogP) is 2.71. The molecular formula is C22H38N6. The number of rotatable bonds is 5. The van der Waals surface area contributed by atoms with Crippen molar-refractivity contribution in [3.63, 3.8) is 0 Å². The van der Waals surface area contributed by atoms with Gasteiger partial charge < -0.3 is 15.5 Å². The van der Waals surface area contributed by atoms with E-state index in [1.807, 2.05) is 13.2 Å². The maximum atomic E-state index is 4.69. The van der Waals surface area contributed by atoms with Crippen LogP contribution in [0, 0.1) is 11.8 Å². The van der Waals surface area contributed by atoms with Gasteiger partial charge in [0.15, 0.2) is 5.96 Å². The number of aliphatic imine (C=N–C) groups is 1. The van der Waals surface area contributed by atoms with Gasteiger partial charge in [-0.1, -0.05) is 19.9 Å². The molecule has 28 heavy (non-hydrogen) atoms. The summed E-state index contributed by atoms with van der Waals surface area (Å²) in [5, 5.41) is 7.06. The summed E-state index contributed by atoms with van der Waals surface area (Å²) in [6, 6.07) is 5.37. The number of pyridine rings is 1. The molecule has 6 heteroatoms. The van der Waals surface area contributed by atoms with Gasteiger partial charge in [0.05, 0.1) is 0 Å². The van der Waals surface area contributed by atoms with Gasteiger partial charge in [-0.2, -0.15) is 0 Å². The van der Waals surface area contributed by atoms with Crippen molar-refractivity contribution in [3.05, 3.63) is 23.9 Å². The summed E-state index contributed by atoms with van der Waals surface area (Å²) in [6.07, 6.45) is 4.52. The van der Waals surface area contributed by atoms with Crippen molar-refractivity contribution in [1.82, 2.24) is 20.5 Å². The number of piperidine rings is 1. The Labute approximate surface area is 170 Å². The summed E-state index contributed by atoms with van der Waals surface area (Å²) < 4.78 is 0. The number of hydrogen-bond donors (Lipinski definition) is 2. The topological polar surface area (TPSA) is 55.8 Å². The molecule has 0 spiro atoms. The van der Waals surface area contributed by atoms with Crippen LogP contribution in [0.3, 0.4) is 0 Å². The second kappa shape index (κ2) is 9.59. The lowest BCUT2D eigenvalue weighted by atomic mass is 9.99.